The molecule has 2 heterocycles. The predicted octanol–water partition coefficient (Wildman–Crippen LogP) is 10.3. The minimum atomic E-state index is -0.0547. The molecule has 2 aromatic heterocycles. The second-order valence-corrected chi connectivity index (χ2v) is 16.8. The third-order valence-electron chi connectivity index (χ3n) is 9.86. The number of nitrogens with zero attached hydrogens (tertiary/aromatic N) is 6. The van der Waals surface area contributed by atoms with Crippen LogP contribution >= 0.6 is 0 Å². The second-order valence-electron chi connectivity index (χ2n) is 16.8. The normalized spacial score (nSPS) is 12.2. The summed E-state index contributed by atoms with van der Waals surface area (Å²) in [5, 5.41) is 28.1. The van der Waals surface area contributed by atoms with Crippen molar-refractivity contribution in [1.29, 1.82) is 0 Å². The molecule has 0 bridgehead atoms. The number of aliphatic hydroxyl groups is 1. The van der Waals surface area contributed by atoms with Gasteiger partial charge in [-0.3, -0.25) is 0 Å². The molecule has 0 amide bonds. The van der Waals surface area contributed by atoms with Gasteiger partial charge in [0, 0.05) is 17.7 Å². The molecule has 6 aromatic rings. The van der Waals surface area contributed by atoms with Crippen LogP contribution in [0.15, 0.2) is 103 Å². The van der Waals surface area contributed by atoms with Crippen LogP contribution in [0.25, 0.3) is 23.0 Å². The molecule has 0 fully saturated rings. The highest BCUT2D eigenvalue weighted by Gasteiger charge is 2.22. The predicted molar refractivity (Wildman–Crippen MR) is 231 cm³/mol. The molecule has 6 rings (SSSR count). The smallest absolute Gasteiger partial charge is 0.123 e. The van der Waals surface area contributed by atoms with Crippen LogP contribution in [-0.4, -0.2) is 54.9 Å². The van der Waals surface area contributed by atoms with E-state index in [1.807, 2.05) is 77.7 Å². The fourth-order valence-electron chi connectivity index (χ4n) is 6.33. The molecule has 10 nitrogen and oxygen atoms in total. The standard InChI is InChI=1S/C48H58N6O4/c1-8-9-21-57-42-24-36(34-55)25-43(31-42)58-23-15-11-14-22-56-41-20-16-19-39(30-41)53-32-45(49-51-53)44(26-35-17-12-10-13-18-35)46-33-54(52-50-46)40-28-37(47(2,3)4)27-38(29-40)48(5,6)7/h10,12-13,16-20,24-33,55H,8-9,11,14-15,21-23,34H2,1-7H3/b44-26-. The lowest BCUT2D eigenvalue weighted by molar-refractivity contribution is 0.268. The molecule has 0 atom stereocenters. The van der Waals surface area contributed by atoms with Gasteiger partial charge in [-0.1, -0.05) is 108 Å². The Hall–Kier alpha value is -5.74. The Morgan fingerprint density at radius 2 is 1.17 bits per heavy atom. The maximum atomic E-state index is 9.66. The van der Waals surface area contributed by atoms with Crippen molar-refractivity contribution in [3.63, 3.8) is 0 Å². The first-order valence-corrected chi connectivity index (χ1v) is 20.4. The third kappa shape index (κ3) is 11.4. The molecule has 58 heavy (non-hydrogen) atoms. The fraction of sp³-hybridized carbons (Fsp3) is 0.375. The molecule has 1 N–H and O–H groups in total. The first-order valence-electron chi connectivity index (χ1n) is 20.4. The molecule has 304 valence electrons. The number of aliphatic hydroxyl groups excluding tert-OH is 1. The molecule has 0 aliphatic rings. The average molecular weight is 783 g/mol. The average Bonchev–Trinajstić information content (AvgIpc) is 3.91. The topological polar surface area (TPSA) is 109 Å². The number of hydrogen-bond acceptors (Lipinski definition) is 8. The number of aromatic nitrogens is 6. The first kappa shape index (κ1) is 41.9. The zero-order valence-corrected chi connectivity index (χ0v) is 35.1. The SMILES string of the molecule is CCCCOc1cc(CO)cc(OCCCCCOc2cccc(-n3cc(/C(=C/c4ccccc4)c4cn(-c5cc(C(C)(C)C)cc(C(C)(C)C)c5)nn4)nn3)c2)c1. The quantitative estimate of drug-likeness (QED) is 0.0859. The maximum Gasteiger partial charge on any atom is 0.123 e. The van der Waals surface area contributed by atoms with E-state index in [1.165, 1.54) is 11.1 Å². The monoisotopic (exact) mass is 782 g/mol. The minimum absolute atomic E-state index is 0.0290. The van der Waals surface area contributed by atoms with Crippen LogP contribution in [0.3, 0.4) is 0 Å². The number of benzene rings is 4. The summed E-state index contributed by atoms with van der Waals surface area (Å²) in [5.74, 6) is 2.21. The van der Waals surface area contributed by atoms with Gasteiger partial charge < -0.3 is 19.3 Å². The Morgan fingerprint density at radius 1 is 0.603 bits per heavy atom. The van der Waals surface area contributed by atoms with Crippen molar-refractivity contribution in [2.75, 3.05) is 19.8 Å². The van der Waals surface area contributed by atoms with Crippen LogP contribution in [-0.2, 0) is 17.4 Å². The molecule has 10 heteroatoms. The molecule has 0 saturated heterocycles. The van der Waals surface area contributed by atoms with Crippen molar-refractivity contribution in [3.05, 3.63) is 137 Å². The van der Waals surface area contributed by atoms with Gasteiger partial charge in [-0.05, 0) is 101 Å². The molecular weight excluding hydrogens is 725 g/mol. The van der Waals surface area contributed by atoms with Crippen molar-refractivity contribution in [1.82, 2.24) is 30.0 Å². The Labute approximate surface area is 343 Å². The van der Waals surface area contributed by atoms with Gasteiger partial charge in [0.2, 0.25) is 0 Å². The zero-order valence-electron chi connectivity index (χ0n) is 35.1. The fourth-order valence-corrected chi connectivity index (χ4v) is 6.33. The highest BCUT2D eigenvalue weighted by molar-refractivity contribution is 5.88. The Bertz CT molecular complexity index is 2230. The van der Waals surface area contributed by atoms with Crippen LogP contribution in [0.5, 0.6) is 17.2 Å². The van der Waals surface area contributed by atoms with Crippen LogP contribution in [0, 0.1) is 0 Å². The summed E-state index contributed by atoms with van der Waals surface area (Å²) in [4.78, 5) is 0. The molecule has 4 aromatic carbocycles. The van der Waals surface area contributed by atoms with Gasteiger partial charge in [-0.15, -0.1) is 10.2 Å². The van der Waals surface area contributed by atoms with Crippen LogP contribution < -0.4 is 14.2 Å². The van der Waals surface area contributed by atoms with E-state index in [0.29, 0.717) is 37.0 Å². The number of rotatable bonds is 18. The van der Waals surface area contributed by atoms with Crippen molar-refractivity contribution in [2.24, 2.45) is 0 Å². The van der Waals surface area contributed by atoms with Crippen molar-refractivity contribution >= 4 is 11.6 Å². The van der Waals surface area contributed by atoms with Gasteiger partial charge >= 0.3 is 0 Å². The highest BCUT2D eigenvalue weighted by atomic mass is 16.5. The van der Waals surface area contributed by atoms with Crippen LogP contribution in [0.4, 0.5) is 0 Å². The summed E-state index contributed by atoms with van der Waals surface area (Å²) in [7, 11) is 0. The second kappa shape index (κ2) is 19.1. The largest absolute Gasteiger partial charge is 0.494 e. The molecule has 0 saturated carbocycles. The van der Waals surface area contributed by atoms with Gasteiger partial charge in [0.05, 0.1) is 50.2 Å². The first-order chi connectivity index (χ1) is 27.9. The van der Waals surface area contributed by atoms with E-state index in [2.05, 4.69) is 105 Å². The summed E-state index contributed by atoms with van der Waals surface area (Å²) in [6.45, 7) is 17.3. The van der Waals surface area contributed by atoms with E-state index in [1.54, 1.807) is 4.68 Å². The summed E-state index contributed by atoms with van der Waals surface area (Å²) in [5.41, 5.74) is 8.21. The Morgan fingerprint density at radius 3 is 1.74 bits per heavy atom. The van der Waals surface area contributed by atoms with Crippen LogP contribution in [0.1, 0.15) is 114 Å². The van der Waals surface area contributed by atoms with Gasteiger partial charge in [-0.25, -0.2) is 9.36 Å². The van der Waals surface area contributed by atoms with E-state index >= 15 is 0 Å². The van der Waals surface area contributed by atoms with Gasteiger partial charge in [0.25, 0.3) is 0 Å². The minimum Gasteiger partial charge on any atom is -0.494 e. The lowest BCUT2D eigenvalue weighted by Crippen LogP contribution is -2.17. The lowest BCUT2D eigenvalue weighted by Gasteiger charge is -2.26. The van der Waals surface area contributed by atoms with Crippen molar-refractivity contribution in [3.8, 4) is 28.6 Å². The summed E-state index contributed by atoms with van der Waals surface area (Å²) in [6, 6.07) is 30.4. The van der Waals surface area contributed by atoms with Crippen LogP contribution in [0.2, 0.25) is 0 Å². The third-order valence-corrected chi connectivity index (χ3v) is 9.86. The lowest BCUT2D eigenvalue weighted by atomic mass is 9.80. The van der Waals surface area contributed by atoms with E-state index in [4.69, 9.17) is 14.2 Å². The maximum absolute atomic E-state index is 9.66. The Balaban J connectivity index is 1.11. The van der Waals surface area contributed by atoms with E-state index in [9.17, 15) is 5.11 Å². The van der Waals surface area contributed by atoms with Crippen molar-refractivity contribution < 1.29 is 19.3 Å². The highest BCUT2D eigenvalue weighted by Crippen LogP contribution is 2.32. The summed E-state index contributed by atoms with van der Waals surface area (Å²) < 4.78 is 21.6. The molecule has 0 aliphatic carbocycles. The van der Waals surface area contributed by atoms with Crippen molar-refractivity contribution in [2.45, 2.75) is 98.0 Å². The van der Waals surface area contributed by atoms with Gasteiger partial charge in [-0.2, -0.15) is 0 Å². The molecule has 0 radical (unpaired) electrons. The number of hydrogen-bond donors (Lipinski definition) is 1. The number of unbranched alkanes of at least 4 members (excludes halogenated alkanes) is 3. The number of ether oxygens (including phenoxy) is 3. The van der Waals surface area contributed by atoms with E-state index in [-0.39, 0.29) is 17.4 Å². The molecule has 0 aliphatic heterocycles. The zero-order chi connectivity index (χ0) is 41.1. The van der Waals surface area contributed by atoms with E-state index < -0.39 is 0 Å². The van der Waals surface area contributed by atoms with Gasteiger partial charge in [0.1, 0.15) is 28.6 Å². The molecule has 0 spiro atoms. The molecular formula is C48H58N6O4. The van der Waals surface area contributed by atoms with Gasteiger partial charge in [0.15, 0.2) is 0 Å². The van der Waals surface area contributed by atoms with E-state index in [0.717, 1.165) is 71.7 Å². The summed E-state index contributed by atoms with van der Waals surface area (Å²) >= 11 is 0. The Kier molecular flexibility index (Phi) is 13.8. The molecule has 0 unspecified atom stereocenters. The summed E-state index contributed by atoms with van der Waals surface area (Å²) in [6.07, 6.45) is 10.7.